The number of phenols is 2. The van der Waals surface area contributed by atoms with Crippen molar-refractivity contribution in [1.29, 1.82) is 0 Å². The lowest BCUT2D eigenvalue weighted by molar-refractivity contribution is 0.0974. The lowest BCUT2D eigenvalue weighted by Gasteiger charge is -2.20. The molecule has 100 valence electrons. The van der Waals surface area contributed by atoms with Crippen molar-refractivity contribution in [1.82, 2.24) is 0 Å². The first-order chi connectivity index (χ1) is 9.43. The van der Waals surface area contributed by atoms with Crippen molar-refractivity contribution >= 4 is 22.9 Å². The minimum atomic E-state index is -0.677. The van der Waals surface area contributed by atoms with Gasteiger partial charge in [-0.3, -0.25) is 9.59 Å². The number of phenolic OH excluding ortho intramolecular Hbond substituents is 2. The van der Waals surface area contributed by atoms with Gasteiger partial charge in [0.25, 0.3) is 0 Å². The highest BCUT2D eigenvalue weighted by Gasteiger charge is 2.35. The Morgan fingerprint density at radius 2 is 1.10 bits per heavy atom. The second-order valence-electron chi connectivity index (χ2n) is 4.51. The third-order valence-electron chi connectivity index (χ3n) is 3.36. The van der Waals surface area contributed by atoms with Gasteiger partial charge in [0.05, 0.1) is 22.5 Å². The highest BCUT2D eigenvalue weighted by Crippen LogP contribution is 2.40. The Hall–Kier alpha value is -3.02. The first kappa shape index (κ1) is 12.0. The SMILES string of the molecule is Nc1ccc2c(c1O)C(=O)c1c(ccc(N)c1O)C2=O. The predicted octanol–water partition coefficient (Wildman–Crippen LogP) is 1.04. The number of anilines is 2. The van der Waals surface area contributed by atoms with Gasteiger partial charge in [0, 0.05) is 11.1 Å². The molecule has 6 nitrogen and oxygen atoms in total. The maximum atomic E-state index is 12.4. The number of hydrogen-bond donors (Lipinski definition) is 4. The number of benzene rings is 2. The Morgan fingerprint density at radius 1 is 0.700 bits per heavy atom. The standard InChI is InChI=1S/C14H10N2O4/c15-7-3-1-5-9(12(7)18)14(20)10-6(11(5)17)2-4-8(16)13(10)19/h1-4,18-19H,15-16H2. The van der Waals surface area contributed by atoms with Crippen LogP contribution in [0.15, 0.2) is 24.3 Å². The molecule has 0 aromatic heterocycles. The minimum absolute atomic E-state index is 0.0169. The largest absolute Gasteiger partial charge is 0.505 e. The summed E-state index contributed by atoms with van der Waals surface area (Å²) in [6, 6.07) is 5.45. The molecular formula is C14H10N2O4. The summed E-state index contributed by atoms with van der Waals surface area (Å²) in [5.74, 6) is -2.08. The Balaban J connectivity index is 2.41. The number of hydrogen-bond acceptors (Lipinski definition) is 6. The van der Waals surface area contributed by atoms with Gasteiger partial charge in [0.1, 0.15) is 11.5 Å². The maximum absolute atomic E-state index is 12.4. The molecule has 0 atom stereocenters. The van der Waals surface area contributed by atoms with Crippen LogP contribution >= 0.6 is 0 Å². The Kier molecular flexibility index (Phi) is 2.25. The van der Waals surface area contributed by atoms with E-state index in [1.165, 1.54) is 24.3 Å². The second kappa shape index (κ2) is 3.74. The molecule has 6 heteroatoms. The zero-order valence-corrected chi connectivity index (χ0v) is 10.2. The molecule has 3 rings (SSSR count). The molecule has 1 aliphatic rings. The van der Waals surface area contributed by atoms with E-state index in [2.05, 4.69) is 0 Å². The quantitative estimate of drug-likeness (QED) is 0.357. The van der Waals surface area contributed by atoms with Gasteiger partial charge < -0.3 is 21.7 Å². The second-order valence-corrected chi connectivity index (χ2v) is 4.51. The van der Waals surface area contributed by atoms with Crippen LogP contribution in [0.3, 0.4) is 0 Å². The summed E-state index contributed by atoms with van der Waals surface area (Å²) < 4.78 is 0. The molecule has 0 radical (unpaired) electrons. The predicted molar refractivity (Wildman–Crippen MR) is 71.9 cm³/mol. The lowest BCUT2D eigenvalue weighted by Crippen LogP contribution is -2.22. The zero-order valence-electron chi connectivity index (χ0n) is 10.2. The average Bonchev–Trinajstić information content (AvgIpc) is 2.42. The van der Waals surface area contributed by atoms with Gasteiger partial charge in [-0.25, -0.2) is 0 Å². The normalized spacial score (nSPS) is 13.0. The molecule has 20 heavy (non-hydrogen) atoms. The van der Waals surface area contributed by atoms with Crippen LogP contribution in [-0.2, 0) is 0 Å². The fourth-order valence-electron chi connectivity index (χ4n) is 2.32. The van der Waals surface area contributed by atoms with E-state index in [9.17, 15) is 19.8 Å². The molecular weight excluding hydrogens is 260 g/mol. The zero-order chi connectivity index (χ0) is 14.6. The third kappa shape index (κ3) is 1.33. The van der Waals surface area contributed by atoms with E-state index in [-0.39, 0.29) is 33.6 Å². The van der Waals surface area contributed by atoms with Crippen molar-refractivity contribution in [2.45, 2.75) is 0 Å². The number of carbonyl (C=O) groups excluding carboxylic acids is 2. The molecule has 0 bridgehead atoms. The molecule has 0 fully saturated rings. The smallest absolute Gasteiger partial charge is 0.202 e. The number of nitrogen functional groups attached to an aromatic ring is 2. The first-order valence-corrected chi connectivity index (χ1v) is 5.75. The van der Waals surface area contributed by atoms with Gasteiger partial charge in [0.2, 0.25) is 5.78 Å². The molecule has 0 unspecified atom stereocenters. The highest BCUT2D eigenvalue weighted by atomic mass is 16.3. The average molecular weight is 270 g/mol. The number of aromatic hydroxyl groups is 2. The fraction of sp³-hybridized carbons (Fsp3) is 0. The molecule has 0 saturated heterocycles. The molecule has 0 aliphatic heterocycles. The van der Waals surface area contributed by atoms with E-state index in [4.69, 9.17) is 11.5 Å². The minimum Gasteiger partial charge on any atom is -0.505 e. The van der Waals surface area contributed by atoms with Crippen LogP contribution < -0.4 is 11.5 Å². The summed E-state index contributed by atoms with van der Waals surface area (Å²) in [5.41, 5.74) is 10.7. The third-order valence-corrected chi connectivity index (χ3v) is 3.36. The van der Waals surface area contributed by atoms with E-state index in [1.54, 1.807) is 0 Å². The van der Waals surface area contributed by atoms with E-state index >= 15 is 0 Å². The Bertz CT molecular complexity index is 733. The van der Waals surface area contributed by atoms with Crippen LogP contribution in [0.2, 0.25) is 0 Å². The van der Waals surface area contributed by atoms with Crippen LogP contribution in [0, 0.1) is 0 Å². The van der Waals surface area contributed by atoms with Gasteiger partial charge in [-0.15, -0.1) is 0 Å². The van der Waals surface area contributed by atoms with Crippen LogP contribution in [0.5, 0.6) is 11.5 Å². The van der Waals surface area contributed by atoms with Gasteiger partial charge in [-0.05, 0) is 24.3 Å². The van der Waals surface area contributed by atoms with Crippen LogP contribution in [0.25, 0.3) is 0 Å². The number of carbonyl (C=O) groups is 2. The monoisotopic (exact) mass is 270 g/mol. The molecule has 0 spiro atoms. The molecule has 6 N–H and O–H groups in total. The number of nitrogens with two attached hydrogens (primary N) is 2. The number of rotatable bonds is 0. The topological polar surface area (TPSA) is 127 Å². The lowest BCUT2D eigenvalue weighted by atomic mass is 9.82. The van der Waals surface area contributed by atoms with Crippen molar-refractivity contribution in [3.05, 3.63) is 46.5 Å². The summed E-state index contributed by atoms with van der Waals surface area (Å²) in [4.78, 5) is 24.7. The van der Waals surface area contributed by atoms with Crippen LogP contribution in [0.1, 0.15) is 31.8 Å². The Labute approximate surface area is 113 Å². The van der Waals surface area contributed by atoms with E-state index in [0.29, 0.717) is 0 Å². The van der Waals surface area contributed by atoms with Crippen molar-refractivity contribution in [2.75, 3.05) is 11.5 Å². The summed E-state index contributed by atoms with van der Waals surface area (Å²) in [6.07, 6.45) is 0. The van der Waals surface area contributed by atoms with Crippen molar-refractivity contribution in [2.24, 2.45) is 0 Å². The molecule has 2 aromatic rings. The number of fused-ring (bicyclic) bond motifs is 2. The summed E-state index contributed by atoms with van der Waals surface area (Å²) in [6.45, 7) is 0. The van der Waals surface area contributed by atoms with Crippen molar-refractivity contribution in [3.8, 4) is 11.5 Å². The summed E-state index contributed by atoms with van der Waals surface area (Å²) >= 11 is 0. The fourth-order valence-corrected chi connectivity index (χ4v) is 2.32. The van der Waals surface area contributed by atoms with Gasteiger partial charge in [-0.1, -0.05) is 0 Å². The van der Waals surface area contributed by atoms with E-state index in [1.807, 2.05) is 0 Å². The maximum Gasteiger partial charge on any atom is 0.202 e. The number of ketones is 2. The van der Waals surface area contributed by atoms with Crippen molar-refractivity contribution < 1.29 is 19.8 Å². The van der Waals surface area contributed by atoms with Crippen molar-refractivity contribution in [3.63, 3.8) is 0 Å². The van der Waals surface area contributed by atoms with Crippen LogP contribution in [0.4, 0.5) is 11.4 Å². The summed E-state index contributed by atoms with van der Waals surface area (Å²) in [7, 11) is 0. The van der Waals surface area contributed by atoms with Gasteiger partial charge >= 0.3 is 0 Å². The van der Waals surface area contributed by atoms with E-state index < -0.39 is 23.1 Å². The first-order valence-electron chi connectivity index (χ1n) is 5.75. The molecule has 0 heterocycles. The van der Waals surface area contributed by atoms with Gasteiger partial charge in [0.15, 0.2) is 5.78 Å². The molecule has 0 saturated carbocycles. The highest BCUT2D eigenvalue weighted by molar-refractivity contribution is 6.31. The molecule has 1 aliphatic carbocycles. The molecule has 2 aromatic carbocycles. The Morgan fingerprint density at radius 3 is 1.50 bits per heavy atom. The van der Waals surface area contributed by atoms with E-state index in [0.717, 1.165) is 0 Å². The van der Waals surface area contributed by atoms with Gasteiger partial charge in [-0.2, -0.15) is 0 Å². The van der Waals surface area contributed by atoms with Crippen LogP contribution in [-0.4, -0.2) is 21.8 Å². The summed E-state index contributed by atoms with van der Waals surface area (Å²) in [5, 5.41) is 19.8. The molecule has 0 amide bonds.